The normalized spacial score (nSPS) is 12.0. The number of carbonyl (C=O) groups excluding carboxylic acids is 1. The highest BCUT2D eigenvalue weighted by Crippen LogP contribution is 2.24. The minimum Gasteiger partial charge on any atom is -0.484 e. The minimum absolute atomic E-state index is 0.0109. The van der Waals surface area contributed by atoms with Crippen molar-refractivity contribution in [2.45, 2.75) is 39.7 Å². The number of rotatable bonds is 7. The lowest BCUT2D eigenvalue weighted by Gasteiger charge is -2.19. The van der Waals surface area contributed by atoms with Gasteiger partial charge in [0.2, 0.25) is 0 Å². The fourth-order valence-electron chi connectivity index (χ4n) is 2.40. The Morgan fingerprint density at radius 2 is 1.75 bits per heavy atom. The predicted molar refractivity (Wildman–Crippen MR) is 104 cm³/mol. The Morgan fingerprint density at radius 1 is 1.11 bits per heavy atom. The minimum atomic E-state index is -2.94. The third-order valence-corrected chi connectivity index (χ3v) is 3.93. The van der Waals surface area contributed by atoms with Gasteiger partial charge in [0.25, 0.3) is 5.91 Å². The molecule has 0 unspecified atom stereocenters. The quantitative estimate of drug-likeness (QED) is 0.559. The van der Waals surface area contributed by atoms with Gasteiger partial charge in [-0.25, -0.2) is 5.43 Å². The summed E-state index contributed by atoms with van der Waals surface area (Å²) in [7, 11) is 0. The summed E-state index contributed by atoms with van der Waals surface area (Å²) in [5.74, 6) is 0.0919. The highest BCUT2D eigenvalue weighted by molar-refractivity contribution is 6.01. The topological polar surface area (TPSA) is 59.9 Å². The fourth-order valence-corrected chi connectivity index (χ4v) is 2.40. The molecule has 0 heterocycles. The van der Waals surface area contributed by atoms with Crippen LogP contribution in [0.1, 0.15) is 38.8 Å². The van der Waals surface area contributed by atoms with Crippen LogP contribution in [0.3, 0.4) is 0 Å². The summed E-state index contributed by atoms with van der Waals surface area (Å²) >= 11 is 0. The van der Waals surface area contributed by atoms with Crippen LogP contribution in [0.2, 0.25) is 0 Å². The number of halogens is 2. The smallest absolute Gasteiger partial charge is 0.387 e. The first-order valence-corrected chi connectivity index (χ1v) is 8.77. The van der Waals surface area contributed by atoms with E-state index < -0.39 is 12.5 Å². The molecule has 2 aromatic carbocycles. The van der Waals surface area contributed by atoms with Gasteiger partial charge < -0.3 is 9.47 Å². The molecule has 7 heteroatoms. The number of nitrogens with one attached hydrogen (secondary N) is 1. The van der Waals surface area contributed by atoms with E-state index in [1.54, 1.807) is 37.3 Å². The number of carbonyl (C=O) groups is 1. The van der Waals surface area contributed by atoms with E-state index in [1.807, 2.05) is 12.1 Å². The van der Waals surface area contributed by atoms with Crippen molar-refractivity contribution in [3.05, 3.63) is 59.7 Å². The first kappa shape index (κ1) is 21.3. The van der Waals surface area contributed by atoms with Crippen LogP contribution < -0.4 is 14.9 Å². The Hall–Kier alpha value is -2.96. The maximum absolute atomic E-state index is 12.5. The van der Waals surface area contributed by atoms with Gasteiger partial charge in [-0.1, -0.05) is 45.0 Å². The number of para-hydroxylation sites is 1. The average Bonchev–Trinajstić information content (AvgIpc) is 2.64. The number of nitrogens with zero attached hydrogens (tertiary/aromatic N) is 1. The summed E-state index contributed by atoms with van der Waals surface area (Å²) in [6.45, 7) is 4.76. The van der Waals surface area contributed by atoms with E-state index in [1.165, 1.54) is 6.07 Å². The predicted octanol–water partition coefficient (Wildman–Crippen LogP) is 4.50. The molecular formula is C21H24F2N2O3. The lowest BCUT2D eigenvalue weighted by atomic mass is 9.87. The van der Waals surface area contributed by atoms with E-state index in [0.717, 1.165) is 5.56 Å². The van der Waals surface area contributed by atoms with Gasteiger partial charge in [-0.3, -0.25) is 4.79 Å². The summed E-state index contributed by atoms with van der Waals surface area (Å²) in [5, 5.41) is 3.93. The van der Waals surface area contributed by atoms with Crippen molar-refractivity contribution in [2.24, 2.45) is 5.10 Å². The molecule has 0 saturated heterocycles. The Kier molecular flexibility index (Phi) is 7.09. The maximum atomic E-state index is 12.5. The number of benzene rings is 2. The standard InChI is InChI=1S/C21H24F2N2O3/c1-14(17-7-5-6-8-18(17)28-20(22)23)24-25-19(26)13-27-16-11-9-15(10-12-16)21(2,3)4/h5-12,20H,13H2,1-4H3,(H,25,26)/b24-14-. The zero-order valence-corrected chi connectivity index (χ0v) is 16.3. The second-order valence-electron chi connectivity index (χ2n) is 7.17. The fraction of sp³-hybridized carbons (Fsp3) is 0.333. The number of alkyl halides is 2. The van der Waals surface area contributed by atoms with Crippen molar-refractivity contribution in [1.29, 1.82) is 0 Å². The van der Waals surface area contributed by atoms with Gasteiger partial charge >= 0.3 is 6.61 Å². The summed E-state index contributed by atoms with van der Waals surface area (Å²) in [6.07, 6.45) is 0. The van der Waals surface area contributed by atoms with Gasteiger partial charge in [-0.15, -0.1) is 0 Å². The molecule has 2 aromatic rings. The molecule has 2 rings (SSSR count). The number of hydrogen-bond acceptors (Lipinski definition) is 4. The van der Waals surface area contributed by atoms with Gasteiger partial charge in [0.15, 0.2) is 6.61 Å². The Balaban J connectivity index is 1.93. The van der Waals surface area contributed by atoms with E-state index in [-0.39, 0.29) is 17.8 Å². The van der Waals surface area contributed by atoms with Crippen LogP contribution >= 0.6 is 0 Å². The van der Waals surface area contributed by atoms with Crippen LogP contribution in [0.4, 0.5) is 8.78 Å². The molecule has 0 fully saturated rings. The Labute approximate surface area is 163 Å². The van der Waals surface area contributed by atoms with E-state index in [2.05, 4.69) is 36.0 Å². The van der Waals surface area contributed by atoms with E-state index in [9.17, 15) is 13.6 Å². The third kappa shape index (κ3) is 6.33. The van der Waals surface area contributed by atoms with Crippen LogP contribution in [0.25, 0.3) is 0 Å². The molecule has 0 radical (unpaired) electrons. The zero-order valence-electron chi connectivity index (χ0n) is 16.3. The largest absolute Gasteiger partial charge is 0.484 e. The molecule has 0 aromatic heterocycles. The van der Waals surface area contributed by atoms with Crippen molar-refractivity contribution in [3.8, 4) is 11.5 Å². The highest BCUT2D eigenvalue weighted by Gasteiger charge is 2.14. The molecule has 1 N–H and O–H groups in total. The maximum Gasteiger partial charge on any atom is 0.387 e. The van der Waals surface area contributed by atoms with Crippen molar-refractivity contribution in [3.63, 3.8) is 0 Å². The Morgan fingerprint density at radius 3 is 2.36 bits per heavy atom. The van der Waals surface area contributed by atoms with Crippen LogP contribution in [-0.4, -0.2) is 24.8 Å². The molecular weight excluding hydrogens is 366 g/mol. The first-order chi connectivity index (χ1) is 13.2. The molecule has 0 spiro atoms. The molecule has 150 valence electrons. The zero-order chi connectivity index (χ0) is 20.7. The summed E-state index contributed by atoms with van der Waals surface area (Å²) in [6, 6.07) is 13.7. The monoisotopic (exact) mass is 390 g/mol. The number of hydrazone groups is 1. The first-order valence-electron chi connectivity index (χ1n) is 8.77. The molecule has 28 heavy (non-hydrogen) atoms. The van der Waals surface area contributed by atoms with Crippen molar-refractivity contribution < 1.29 is 23.0 Å². The highest BCUT2D eigenvalue weighted by atomic mass is 19.3. The van der Waals surface area contributed by atoms with Crippen molar-refractivity contribution in [2.75, 3.05) is 6.61 Å². The molecule has 5 nitrogen and oxygen atoms in total. The second kappa shape index (κ2) is 9.30. The van der Waals surface area contributed by atoms with Gasteiger partial charge in [0.1, 0.15) is 11.5 Å². The van der Waals surface area contributed by atoms with Crippen molar-refractivity contribution >= 4 is 11.6 Å². The van der Waals surface area contributed by atoms with E-state index >= 15 is 0 Å². The molecule has 0 saturated carbocycles. The summed E-state index contributed by atoms with van der Waals surface area (Å²) < 4.78 is 34.9. The van der Waals surface area contributed by atoms with E-state index in [0.29, 0.717) is 17.0 Å². The molecule has 0 bridgehead atoms. The molecule has 0 aliphatic rings. The summed E-state index contributed by atoms with van der Waals surface area (Å²) in [5.41, 5.74) is 4.24. The number of amides is 1. The molecule has 0 atom stereocenters. The van der Waals surface area contributed by atoms with Gasteiger partial charge in [-0.05, 0) is 42.2 Å². The number of hydrogen-bond donors (Lipinski definition) is 1. The lowest BCUT2D eigenvalue weighted by molar-refractivity contribution is -0.123. The van der Waals surface area contributed by atoms with Crippen LogP contribution in [-0.2, 0) is 10.2 Å². The van der Waals surface area contributed by atoms with Crippen molar-refractivity contribution in [1.82, 2.24) is 5.43 Å². The molecule has 0 aliphatic carbocycles. The second-order valence-corrected chi connectivity index (χ2v) is 7.17. The van der Waals surface area contributed by atoms with Gasteiger partial charge in [0, 0.05) is 5.56 Å². The average molecular weight is 390 g/mol. The van der Waals surface area contributed by atoms with Crippen LogP contribution in [0.15, 0.2) is 53.6 Å². The van der Waals surface area contributed by atoms with E-state index in [4.69, 9.17) is 4.74 Å². The molecule has 0 aliphatic heterocycles. The van der Waals surface area contributed by atoms with Gasteiger partial charge in [0.05, 0.1) is 5.71 Å². The number of ether oxygens (including phenoxy) is 2. The van der Waals surface area contributed by atoms with Crippen LogP contribution in [0, 0.1) is 0 Å². The third-order valence-electron chi connectivity index (χ3n) is 3.93. The lowest BCUT2D eigenvalue weighted by Crippen LogP contribution is -2.25. The summed E-state index contributed by atoms with van der Waals surface area (Å²) in [4.78, 5) is 11.9. The molecule has 1 amide bonds. The SMILES string of the molecule is C/C(=N/NC(=O)COc1ccc(C(C)(C)C)cc1)c1ccccc1OC(F)F. The Bertz CT molecular complexity index is 828. The van der Waals surface area contributed by atoms with Crippen LogP contribution in [0.5, 0.6) is 11.5 Å². The van der Waals surface area contributed by atoms with Gasteiger partial charge in [-0.2, -0.15) is 13.9 Å².